The van der Waals surface area contributed by atoms with Gasteiger partial charge in [0.1, 0.15) is 5.82 Å². The fourth-order valence-corrected chi connectivity index (χ4v) is 2.32. The maximum Gasteiger partial charge on any atom is 0.108 e. The van der Waals surface area contributed by atoms with E-state index in [9.17, 15) is 0 Å². The van der Waals surface area contributed by atoms with Gasteiger partial charge in [-0.25, -0.2) is 9.50 Å². The third-order valence-electron chi connectivity index (χ3n) is 3.46. The van der Waals surface area contributed by atoms with Crippen LogP contribution in [-0.4, -0.2) is 19.2 Å². The van der Waals surface area contributed by atoms with Gasteiger partial charge in [0.2, 0.25) is 0 Å². The van der Waals surface area contributed by atoms with Crippen LogP contribution in [0.15, 0.2) is 43.0 Å². The van der Waals surface area contributed by atoms with Gasteiger partial charge in [-0.05, 0) is 18.6 Å². The van der Waals surface area contributed by atoms with Crippen molar-refractivity contribution in [1.82, 2.24) is 19.2 Å². The van der Waals surface area contributed by atoms with Crippen LogP contribution >= 0.6 is 0 Å². The largest absolute Gasteiger partial charge is 0.338 e. The monoisotopic (exact) mass is 255 g/mol. The van der Waals surface area contributed by atoms with E-state index >= 15 is 0 Å². The topological polar surface area (TPSA) is 61.1 Å². The van der Waals surface area contributed by atoms with E-state index in [0.29, 0.717) is 0 Å². The van der Waals surface area contributed by atoms with Crippen molar-refractivity contribution >= 4 is 5.52 Å². The number of nitrogens with two attached hydrogens (primary N) is 1. The molecule has 0 amide bonds. The summed E-state index contributed by atoms with van der Waals surface area (Å²) in [6.45, 7) is 0. The molecule has 0 aromatic carbocycles. The molecule has 3 aromatic heterocycles. The Morgan fingerprint density at radius 1 is 1.32 bits per heavy atom. The average Bonchev–Trinajstić information content (AvgIpc) is 3.02. The highest BCUT2D eigenvalue weighted by molar-refractivity contribution is 5.54. The number of nitrogens with zero attached hydrogens (tertiary/aromatic N) is 4. The van der Waals surface area contributed by atoms with Gasteiger partial charge in [-0.2, -0.15) is 5.10 Å². The van der Waals surface area contributed by atoms with Crippen molar-refractivity contribution in [3.05, 3.63) is 54.4 Å². The first-order valence-corrected chi connectivity index (χ1v) is 6.40. The number of fused-ring (bicyclic) bond motifs is 1. The summed E-state index contributed by atoms with van der Waals surface area (Å²) >= 11 is 0. The van der Waals surface area contributed by atoms with Crippen LogP contribution in [0, 0.1) is 0 Å². The van der Waals surface area contributed by atoms with Crippen LogP contribution in [0.4, 0.5) is 0 Å². The number of imidazole rings is 1. The first kappa shape index (κ1) is 11.9. The van der Waals surface area contributed by atoms with Gasteiger partial charge in [-0.1, -0.05) is 6.07 Å². The fourth-order valence-electron chi connectivity index (χ4n) is 2.32. The normalized spacial score (nSPS) is 12.9. The molecule has 5 nitrogen and oxygen atoms in total. The number of aryl methyl sites for hydroxylation is 2. The molecule has 19 heavy (non-hydrogen) atoms. The number of hydrogen-bond acceptors (Lipinski definition) is 3. The Morgan fingerprint density at radius 3 is 3.00 bits per heavy atom. The molecule has 0 radical (unpaired) electrons. The van der Waals surface area contributed by atoms with E-state index < -0.39 is 0 Å². The molecule has 0 aliphatic rings. The van der Waals surface area contributed by atoms with E-state index in [0.717, 1.165) is 29.7 Å². The third kappa shape index (κ3) is 2.24. The highest BCUT2D eigenvalue weighted by atomic mass is 15.2. The summed E-state index contributed by atoms with van der Waals surface area (Å²) in [4.78, 5) is 4.32. The average molecular weight is 255 g/mol. The van der Waals surface area contributed by atoms with Crippen LogP contribution in [-0.2, 0) is 13.5 Å². The molecule has 0 saturated heterocycles. The molecule has 1 unspecified atom stereocenters. The van der Waals surface area contributed by atoms with Gasteiger partial charge in [0.25, 0.3) is 0 Å². The van der Waals surface area contributed by atoms with Crippen LogP contribution < -0.4 is 5.73 Å². The molecular formula is C14H17N5. The van der Waals surface area contributed by atoms with E-state index in [1.165, 1.54) is 0 Å². The quantitative estimate of drug-likeness (QED) is 0.772. The summed E-state index contributed by atoms with van der Waals surface area (Å²) in [5.41, 5.74) is 8.45. The van der Waals surface area contributed by atoms with E-state index in [2.05, 4.69) is 10.1 Å². The van der Waals surface area contributed by atoms with E-state index in [4.69, 9.17) is 5.73 Å². The maximum absolute atomic E-state index is 6.28. The van der Waals surface area contributed by atoms with Gasteiger partial charge < -0.3 is 10.3 Å². The Bertz CT molecular complexity index is 682. The van der Waals surface area contributed by atoms with Crippen LogP contribution in [0.2, 0.25) is 0 Å². The van der Waals surface area contributed by atoms with Gasteiger partial charge in [0, 0.05) is 43.7 Å². The Kier molecular flexibility index (Phi) is 3.05. The lowest BCUT2D eigenvalue weighted by Gasteiger charge is -2.10. The van der Waals surface area contributed by atoms with Gasteiger partial charge in [0.15, 0.2) is 0 Å². The number of rotatable bonds is 4. The number of aromatic nitrogens is 4. The molecule has 3 rings (SSSR count). The Balaban J connectivity index is 1.77. The zero-order chi connectivity index (χ0) is 13.2. The second-order valence-corrected chi connectivity index (χ2v) is 4.73. The predicted octanol–water partition coefficient (Wildman–Crippen LogP) is 1.70. The molecule has 5 heteroatoms. The first-order chi connectivity index (χ1) is 9.25. The Morgan fingerprint density at radius 2 is 2.21 bits per heavy atom. The third-order valence-corrected chi connectivity index (χ3v) is 3.46. The summed E-state index contributed by atoms with van der Waals surface area (Å²) in [7, 11) is 2.00. The molecular weight excluding hydrogens is 238 g/mol. The SMILES string of the molecule is Cn1ccnc1CCC(N)c1cnn2ccccc12. The minimum atomic E-state index is -0.0170. The van der Waals surface area contributed by atoms with Crippen molar-refractivity contribution in [3.8, 4) is 0 Å². The summed E-state index contributed by atoms with van der Waals surface area (Å²) in [5, 5.41) is 4.32. The summed E-state index contributed by atoms with van der Waals surface area (Å²) in [6.07, 6.45) is 9.30. The van der Waals surface area contributed by atoms with Crippen molar-refractivity contribution in [2.75, 3.05) is 0 Å². The zero-order valence-corrected chi connectivity index (χ0v) is 10.9. The van der Waals surface area contributed by atoms with Crippen LogP contribution in [0.25, 0.3) is 5.52 Å². The summed E-state index contributed by atoms with van der Waals surface area (Å²) < 4.78 is 3.89. The van der Waals surface area contributed by atoms with Crippen molar-refractivity contribution in [3.63, 3.8) is 0 Å². The van der Waals surface area contributed by atoms with Crippen LogP contribution in [0.3, 0.4) is 0 Å². The van der Waals surface area contributed by atoms with Crippen LogP contribution in [0.1, 0.15) is 23.9 Å². The lowest BCUT2D eigenvalue weighted by molar-refractivity contribution is 0.624. The number of hydrogen-bond donors (Lipinski definition) is 1. The molecule has 3 heterocycles. The molecule has 0 bridgehead atoms. The zero-order valence-electron chi connectivity index (χ0n) is 10.9. The van der Waals surface area contributed by atoms with Gasteiger partial charge in [0.05, 0.1) is 11.7 Å². The Hall–Kier alpha value is -2.14. The van der Waals surface area contributed by atoms with E-state index in [-0.39, 0.29) is 6.04 Å². The van der Waals surface area contributed by atoms with Crippen molar-refractivity contribution in [2.45, 2.75) is 18.9 Å². The molecule has 0 aliphatic heterocycles. The molecule has 1 atom stereocenters. The lowest BCUT2D eigenvalue weighted by atomic mass is 10.0. The van der Waals surface area contributed by atoms with Gasteiger partial charge >= 0.3 is 0 Å². The summed E-state index contributed by atoms with van der Waals surface area (Å²) in [5.74, 6) is 1.06. The highest BCUT2D eigenvalue weighted by Crippen LogP contribution is 2.20. The smallest absolute Gasteiger partial charge is 0.108 e. The van der Waals surface area contributed by atoms with E-state index in [1.54, 1.807) is 0 Å². The standard InChI is InChI=1S/C14H17N5/c1-18-9-7-16-14(18)6-5-12(15)11-10-17-19-8-3-2-4-13(11)19/h2-4,7-10,12H,5-6,15H2,1H3. The van der Waals surface area contributed by atoms with Crippen molar-refractivity contribution in [2.24, 2.45) is 12.8 Å². The molecule has 0 fully saturated rings. The summed E-state index contributed by atoms with van der Waals surface area (Å²) in [6, 6.07) is 6.00. The molecule has 0 aliphatic carbocycles. The second kappa shape index (κ2) is 4.85. The predicted molar refractivity (Wildman–Crippen MR) is 73.6 cm³/mol. The van der Waals surface area contributed by atoms with Crippen LogP contribution in [0.5, 0.6) is 0 Å². The van der Waals surface area contributed by atoms with Gasteiger partial charge in [-0.3, -0.25) is 0 Å². The second-order valence-electron chi connectivity index (χ2n) is 4.73. The highest BCUT2D eigenvalue weighted by Gasteiger charge is 2.13. The van der Waals surface area contributed by atoms with E-state index in [1.807, 2.05) is 59.1 Å². The molecule has 0 saturated carbocycles. The minimum Gasteiger partial charge on any atom is -0.338 e. The molecule has 3 aromatic rings. The van der Waals surface area contributed by atoms with Crippen molar-refractivity contribution in [1.29, 1.82) is 0 Å². The lowest BCUT2D eigenvalue weighted by Crippen LogP contribution is -2.12. The number of pyridine rings is 1. The first-order valence-electron chi connectivity index (χ1n) is 6.40. The van der Waals surface area contributed by atoms with Crippen molar-refractivity contribution < 1.29 is 0 Å². The maximum atomic E-state index is 6.28. The molecule has 98 valence electrons. The molecule has 0 spiro atoms. The van der Waals surface area contributed by atoms with Gasteiger partial charge in [-0.15, -0.1) is 0 Å². The molecule has 2 N–H and O–H groups in total. The minimum absolute atomic E-state index is 0.0170. The fraction of sp³-hybridized carbons (Fsp3) is 0.286. The Labute approximate surface area is 111 Å².